The number of hydrogen-bond donors (Lipinski definition) is 2. The zero-order valence-corrected chi connectivity index (χ0v) is 14.1. The quantitative estimate of drug-likeness (QED) is 0.815. The third-order valence-corrected chi connectivity index (χ3v) is 4.28. The molecule has 1 aromatic heterocycles. The van der Waals surface area contributed by atoms with Crippen molar-refractivity contribution in [2.45, 2.75) is 31.7 Å². The summed E-state index contributed by atoms with van der Waals surface area (Å²) >= 11 is 0. The van der Waals surface area contributed by atoms with Gasteiger partial charge in [0.05, 0.1) is 12.7 Å². The zero-order chi connectivity index (χ0) is 17.6. The molecule has 1 aromatic carbocycles. The lowest BCUT2D eigenvalue weighted by Gasteiger charge is -2.14. The number of amides is 1. The summed E-state index contributed by atoms with van der Waals surface area (Å²) < 4.78 is 4.65. The molecule has 1 aliphatic carbocycles. The van der Waals surface area contributed by atoms with E-state index in [1.807, 2.05) is 6.07 Å². The molecule has 0 bridgehead atoms. The van der Waals surface area contributed by atoms with Gasteiger partial charge < -0.3 is 15.4 Å². The number of aromatic nitrogens is 1. The molecule has 1 heterocycles. The molecule has 6 nitrogen and oxygen atoms in total. The van der Waals surface area contributed by atoms with E-state index in [4.69, 9.17) is 0 Å². The number of ether oxygens (including phenoxy) is 1. The molecule has 3 rings (SSSR count). The van der Waals surface area contributed by atoms with Crippen LogP contribution in [0.2, 0.25) is 0 Å². The third kappa shape index (κ3) is 4.35. The van der Waals surface area contributed by atoms with Crippen molar-refractivity contribution in [3.05, 3.63) is 53.9 Å². The van der Waals surface area contributed by atoms with E-state index in [1.165, 1.54) is 20.0 Å². The summed E-state index contributed by atoms with van der Waals surface area (Å²) in [6.45, 7) is 0. The van der Waals surface area contributed by atoms with Crippen molar-refractivity contribution >= 4 is 23.3 Å². The van der Waals surface area contributed by atoms with Crippen molar-refractivity contribution in [1.82, 2.24) is 4.98 Å². The Kier molecular flexibility index (Phi) is 5.28. The van der Waals surface area contributed by atoms with Gasteiger partial charge >= 0.3 is 5.97 Å². The normalized spacial score (nSPS) is 14.1. The van der Waals surface area contributed by atoms with Crippen molar-refractivity contribution < 1.29 is 14.3 Å². The number of nitrogens with zero attached hydrogens (tertiary/aromatic N) is 1. The molecule has 2 N–H and O–H groups in total. The molecular formula is C19H21N3O3. The lowest BCUT2D eigenvalue weighted by Crippen LogP contribution is -2.17. The Morgan fingerprint density at radius 3 is 2.48 bits per heavy atom. The van der Waals surface area contributed by atoms with Crippen LogP contribution in [0.15, 0.2) is 42.6 Å². The van der Waals surface area contributed by atoms with Gasteiger partial charge in [-0.15, -0.1) is 0 Å². The number of hydrogen-bond acceptors (Lipinski definition) is 5. The Bertz CT molecular complexity index is 753. The number of rotatable bonds is 5. The lowest BCUT2D eigenvalue weighted by atomic mass is 10.2. The third-order valence-electron chi connectivity index (χ3n) is 4.28. The lowest BCUT2D eigenvalue weighted by molar-refractivity contribution is 0.0600. The number of methoxy groups -OCH3 is 1. The van der Waals surface area contributed by atoms with Crippen LogP contribution < -0.4 is 10.6 Å². The maximum Gasteiger partial charge on any atom is 0.337 e. The highest BCUT2D eigenvalue weighted by Gasteiger charge is 2.15. The topological polar surface area (TPSA) is 80.3 Å². The largest absolute Gasteiger partial charge is 0.465 e. The fourth-order valence-corrected chi connectivity index (χ4v) is 2.95. The minimum Gasteiger partial charge on any atom is -0.465 e. The minimum absolute atomic E-state index is 0.291. The van der Waals surface area contributed by atoms with Crippen LogP contribution in [-0.2, 0) is 4.74 Å². The van der Waals surface area contributed by atoms with Gasteiger partial charge in [0.15, 0.2) is 0 Å². The van der Waals surface area contributed by atoms with Gasteiger partial charge in [-0.05, 0) is 49.2 Å². The Labute approximate surface area is 146 Å². The van der Waals surface area contributed by atoms with E-state index < -0.39 is 5.97 Å². The highest BCUT2D eigenvalue weighted by atomic mass is 16.5. The average Bonchev–Trinajstić information content (AvgIpc) is 3.15. The molecule has 25 heavy (non-hydrogen) atoms. The summed E-state index contributed by atoms with van der Waals surface area (Å²) in [7, 11) is 1.33. The standard InChI is InChI=1S/C19H21N3O3/c1-25-19(24)13-6-8-15(9-7-13)22-18(23)17-12-16(10-11-20-17)21-14-4-2-3-5-14/h6-12,14H,2-5H2,1H3,(H,20,21)(H,22,23). The Balaban J connectivity index is 1.65. The highest BCUT2D eigenvalue weighted by molar-refractivity contribution is 6.03. The highest BCUT2D eigenvalue weighted by Crippen LogP contribution is 2.22. The summed E-state index contributed by atoms with van der Waals surface area (Å²) in [5.74, 6) is -0.703. The van der Waals surface area contributed by atoms with Crippen LogP contribution in [-0.4, -0.2) is 30.0 Å². The van der Waals surface area contributed by atoms with E-state index >= 15 is 0 Å². The van der Waals surface area contributed by atoms with E-state index in [2.05, 4.69) is 20.4 Å². The van der Waals surface area contributed by atoms with Gasteiger partial charge in [-0.3, -0.25) is 9.78 Å². The van der Waals surface area contributed by atoms with Gasteiger partial charge in [0.1, 0.15) is 5.69 Å². The monoisotopic (exact) mass is 339 g/mol. The second-order valence-electron chi connectivity index (χ2n) is 6.08. The van der Waals surface area contributed by atoms with Gasteiger partial charge in [0, 0.05) is 23.6 Å². The first-order valence-corrected chi connectivity index (χ1v) is 8.38. The molecule has 6 heteroatoms. The molecule has 0 unspecified atom stereocenters. The van der Waals surface area contributed by atoms with Crippen LogP contribution in [0.4, 0.5) is 11.4 Å². The molecule has 0 spiro atoms. The molecule has 1 saturated carbocycles. The van der Waals surface area contributed by atoms with Crippen LogP contribution in [0, 0.1) is 0 Å². The van der Waals surface area contributed by atoms with Gasteiger partial charge in [0.2, 0.25) is 0 Å². The van der Waals surface area contributed by atoms with Gasteiger partial charge in [-0.2, -0.15) is 0 Å². The van der Waals surface area contributed by atoms with Crippen molar-refractivity contribution in [2.75, 3.05) is 17.7 Å². The summed E-state index contributed by atoms with van der Waals surface area (Å²) in [6, 6.07) is 10.6. The van der Waals surface area contributed by atoms with Crippen LogP contribution in [0.3, 0.4) is 0 Å². The van der Waals surface area contributed by atoms with Crippen molar-refractivity contribution in [2.24, 2.45) is 0 Å². The van der Waals surface area contributed by atoms with E-state index in [0.717, 1.165) is 18.5 Å². The zero-order valence-electron chi connectivity index (χ0n) is 14.1. The minimum atomic E-state index is -0.412. The number of esters is 1. The molecule has 2 aromatic rings. The fourth-order valence-electron chi connectivity index (χ4n) is 2.95. The fraction of sp³-hybridized carbons (Fsp3) is 0.316. The Morgan fingerprint density at radius 1 is 1.08 bits per heavy atom. The molecule has 0 radical (unpaired) electrons. The predicted octanol–water partition coefficient (Wildman–Crippen LogP) is 3.48. The molecule has 0 saturated heterocycles. The first-order valence-electron chi connectivity index (χ1n) is 8.38. The first kappa shape index (κ1) is 17.0. The molecular weight excluding hydrogens is 318 g/mol. The predicted molar refractivity (Wildman–Crippen MR) is 95.9 cm³/mol. The molecule has 1 fully saturated rings. The second kappa shape index (κ2) is 7.79. The Morgan fingerprint density at radius 2 is 1.80 bits per heavy atom. The van der Waals surface area contributed by atoms with Gasteiger partial charge in [0.25, 0.3) is 5.91 Å². The van der Waals surface area contributed by atoms with Crippen molar-refractivity contribution in [3.63, 3.8) is 0 Å². The van der Waals surface area contributed by atoms with Crippen LogP contribution in [0.25, 0.3) is 0 Å². The van der Waals surface area contributed by atoms with E-state index in [1.54, 1.807) is 36.5 Å². The number of carbonyl (C=O) groups is 2. The number of anilines is 2. The maximum absolute atomic E-state index is 12.4. The molecule has 1 aliphatic rings. The smallest absolute Gasteiger partial charge is 0.337 e. The maximum atomic E-state index is 12.4. The molecule has 1 amide bonds. The first-order chi connectivity index (χ1) is 12.2. The number of benzene rings is 1. The number of carbonyl (C=O) groups excluding carboxylic acids is 2. The number of pyridine rings is 1. The summed E-state index contributed by atoms with van der Waals surface area (Å²) in [6.07, 6.45) is 6.45. The molecule has 0 atom stereocenters. The van der Waals surface area contributed by atoms with Crippen LogP contribution >= 0.6 is 0 Å². The van der Waals surface area contributed by atoms with Gasteiger partial charge in [-0.25, -0.2) is 4.79 Å². The van der Waals surface area contributed by atoms with Crippen molar-refractivity contribution in [3.8, 4) is 0 Å². The number of nitrogens with one attached hydrogen (secondary N) is 2. The van der Waals surface area contributed by atoms with Gasteiger partial charge in [-0.1, -0.05) is 12.8 Å². The SMILES string of the molecule is COC(=O)c1ccc(NC(=O)c2cc(NC3CCCC3)ccn2)cc1. The summed E-state index contributed by atoms with van der Waals surface area (Å²) in [4.78, 5) is 27.9. The Hall–Kier alpha value is -2.89. The second-order valence-corrected chi connectivity index (χ2v) is 6.08. The van der Waals surface area contributed by atoms with E-state index in [-0.39, 0.29) is 5.91 Å². The van der Waals surface area contributed by atoms with E-state index in [9.17, 15) is 9.59 Å². The van der Waals surface area contributed by atoms with Crippen LogP contribution in [0.5, 0.6) is 0 Å². The molecule has 0 aliphatic heterocycles. The summed E-state index contributed by atoms with van der Waals surface area (Å²) in [5.41, 5.74) is 2.28. The molecule has 130 valence electrons. The van der Waals surface area contributed by atoms with Crippen LogP contribution in [0.1, 0.15) is 46.5 Å². The summed E-state index contributed by atoms with van der Waals surface area (Å²) in [5, 5.41) is 6.24. The average molecular weight is 339 g/mol. The van der Waals surface area contributed by atoms with E-state index in [0.29, 0.717) is 23.0 Å². The van der Waals surface area contributed by atoms with Crippen molar-refractivity contribution in [1.29, 1.82) is 0 Å².